The second-order valence-corrected chi connectivity index (χ2v) is 8.88. The molecule has 1 saturated heterocycles. The van der Waals surface area contributed by atoms with Gasteiger partial charge in [0.1, 0.15) is 18.3 Å². The molecule has 0 bridgehead atoms. The zero-order valence-corrected chi connectivity index (χ0v) is 14.0. The van der Waals surface area contributed by atoms with Gasteiger partial charge in [0.2, 0.25) is 5.91 Å². The first kappa shape index (κ1) is 19.3. The molecule has 0 aromatic rings. The number of hydrogen-bond acceptors (Lipinski definition) is 7. The van der Waals surface area contributed by atoms with Crippen molar-refractivity contribution in [3.63, 3.8) is 0 Å². The van der Waals surface area contributed by atoms with Gasteiger partial charge in [-0.05, 0) is 5.41 Å². The summed E-state index contributed by atoms with van der Waals surface area (Å²) in [5.41, 5.74) is -2.09. The molecular weight excluding hydrogens is 314 g/mol. The molecule has 1 aliphatic rings. The van der Waals surface area contributed by atoms with Crippen LogP contribution in [0, 0.1) is 5.41 Å². The van der Waals surface area contributed by atoms with Gasteiger partial charge in [0.15, 0.2) is 15.3 Å². The summed E-state index contributed by atoms with van der Waals surface area (Å²) in [6.45, 7) is 5.72. The molecule has 0 saturated carbocycles. The van der Waals surface area contributed by atoms with E-state index in [0.717, 1.165) is 0 Å². The lowest BCUT2D eigenvalue weighted by Gasteiger charge is -2.42. The fourth-order valence-corrected chi connectivity index (χ4v) is 4.82. The van der Waals surface area contributed by atoms with E-state index in [2.05, 4.69) is 5.32 Å². The van der Waals surface area contributed by atoms with Crippen LogP contribution in [0.25, 0.3) is 0 Å². The van der Waals surface area contributed by atoms with E-state index in [9.17, 15) is 28.5 Å². The molecule has 0 unspecified atom stereocenters. The summed E-state index contributed by atoms with van der Waals surface area (Å²) in [7, 11) is -3.85. The van der Waals surface area contributed by atoms with E-state index in [0.29, 0.717) is 0 Å². The fourth-order valence-electron chi connectivity index (χ4n) is 2.46. The largest absolute Gasteiger partial charge is 0.394 e. The second-order valence-electron chi connectivity index (χ2n) is 6.80. The Balaban J connectivity index is 3.16. The van der Waals surface area contributed by atoms with Crippen LogP contribution in [0.4, 0.5) is 0 Å². The first-order chi connectivity index (χ1) is 9.89. The van der Waals surface area contributed by atoms with Crippen LogP contribution in [0.5, 0.6) is 0 Å². The second kappa shape index (κ2) is 6.79. The minimum absolute atomic E-state index is 0.234. The molecular formula is C13H25NO7S. The van der Waals surface area contributed by atoms with Crippen molar-refractivity contribution in [3.8, 4) is 0 Å². The Morgan fingerprint density at radius 3 is 2.18 bits per heavy atom. The SMILES string of the molecule is CC(=O)N[C@@H]1[C@@H](O)[C@H](O)[C@@H](CO)O[C@H]1S(=O)(=O)CC(C)(C)C. The van der Waals surface area contributed by atoms with Gasteiger partial charge in [0, 0.05) is 6.92 Å². The van der Waals surface area contributed by atoms with Crippen LogP contribution in [0.15, 0.2) is 0 Å². The van der Waals surface area contributed by atoms with Gasteiger partial charge in [0.25, 0.3) is 0 Å². The summed E-state index contributed by atoms with van der Waals surface area (Å²) < 4.78 is 30.4. The number of aliphatic hydroxyl groups is 3. The number of hydrogen-bond donors (Lipinski definition) is 4. The molecule has 1 aliphatic heterocycles. The van der Waals surface area contributed by atoms with E-state index in [1.54, 1.807) is 20.8 Å². The Kier molecular flexibility index (Phi) is 5.96. The summed E-state index contributed by atoms with van der Waals surface area (Å²) in [6, 6.07) is -1.30. The quantitative estimate of drug-likeness (QED) is 0.484. The molecule has 0 aromatic heterocycles. The topological polar surface area (TPSA) is 133 Å². The summed E-state index contributed by atoms with van der Waals surface area (Å²) in [5.74, 6) is -0.792. The van der Waals surface area contributed by atoms with Crippen LogP contribution in [-0.4, -0.2) is 71.8 Å². The molecule has 1 amide bonds. The average molecular weight is 339 g/mol. The molecule has 4 N–H and O–H groups in total. The normalized spacial score (nSPS) is 33.5. The van der Waals surface area contributed by atoms with E-state index in [1.165, 1.54) is 6.92 Å². The van der Waals surface area contributed by atoms with Crippen molar-refractivity contribution in [1.29, 1.82) is 0 Å². The van der Waals surface area contributed by atoms with Crippen molar-refractivity contribution in [1.82, 2.24) is 5.32 Å². The van der Waals surface area contributed by atoms with Crippen LogP contribution in [0.2, 0.25) is 0 Å². The number of sulfone groups is 1. The zero-order chi connectivity index (χ0) is 17.3. The lowest BCUT2D eigenvalue weighted by molar-refractivity contribution is -0.175. The number of aliphatic hydroxyl groups excluding tert-OH is 3. The maximum Gasteiger partial charge on any atom is 0.217 e. The highest BCUT2D eigenvalue weighted by Crippen LogP contribution is 2.28. The lowest BCUT2D eigenvalue weighted by atomic mass is 9.98. The summed E-state index contributed by atoms with van der Waals surface area (Å²) in [6.07, 6.45) is -4.29. The highest BCUT2D eigenvalue weighted by Gasteiger charge is 2.50. The predicted molar refractivity (Wildman–Crippen MR) is 78.6 cm³/mol. The molecule has 0 aromatic carbocycles. The highest BCUT2D eigenvalue weighted by atomic mass is 32.2. The van der Waals surface area contributed by atoms with E-state index in [4.69, 9.17) is 4.74 Å². The molecule has 1 fully saturated rings. The molecule has 0 aliphatic carbocycles. The van der Waals surface area contributed by atoms with E-state index < -0.39 is 57.6 Å². The molecule has 1 heterocycles. The monoisotopic (exact) mass is 339 g/mol. The van der Waals surface area contributed by atoms with Crippen molar-refractivity contribution in [3.05, 3.63) is 0 Å². The Bertz CT molecular complexity index is 499. The Morgan fingerprint density at radius 1 is 1.23 bits per heavy atom. The Morgan fingerprint density at radius 2 is 1.77 bits per heavy atom. The summed E-state index contributed by atoms with van der Waals surface area (Å²) >= 11 is 0. The van der Waals surface area contributed by atoms with Crippen LogP contribution < -0.4 is 5.32 Å². The van der Waals surface area contributed by atoms with Gasteiger partial charge < -0.3 is 25.4 Å². The van der Waals surface area contributed by atoms with Crippen molar-refractivity contribution < 1.29 is 33.3 Å². The third kappa shape index (κ3) is 4.63. The Labute approximate surface area is 130 Å². The van der Waals surface area contributed by atoms with E-state index in [1.807, 2.05) is 0 Å². The van der Waals surface area contributed by atoms with Crippen molar-refractivity contribution in [2.24, 2.45) is 5.41 Å². The van der Waals surface area contributed by atoms with Gasteiger partial charge >= 0.3 is 0 Å². The van der Waals surface area contributed by atoms with E-state index >= 15 is 0 Å². The third-order valence-corrected chi connectivity index (χ3v) is 5.62. The fraction of sp³-hybridized carbons (Fsp3) is 0.923. The molecule has 0 radical (unpaired) electrons. The number of ether oxygens (including phenoxy) is 1. The first-order valence-corrected chi connectivity index (χ1v) is 8.72. The van der Waals surface area contributed by atoms with E-state index in [-0.39, 0.29) is 5.75 Å². The van der Waals surface area contributed by atoms with Crippen LogP contribution >= 0.6 is 0 Å². The number of carbonyl (C=O) groups excluding carboxylic acids is 1. The zero-order valence-electron chi connectivity index (χ0n) is 13.2. The molecule has 22 heavy (non-hydrogen) atoms. The molecule has 0 spiro atoms. The van der Waals surface area contributed by atoms with Crippen LogP contribution in [-0.2, 0) is 19.4 Å². The number of amides is 1. The van der Waals surface area contributed by atoms with Gasteiger partial charge in [-0.15, -0.1) is 0 Å². The smallest absolute Gasteiger partial charge is 0.217 e. The molecule has 1 rings (SSSR count). The van der Waals surface area contributed by atoms with Gasteiger partial charge in [0.05, 0.1) is 18.4 Å². The van der Waals surface area contributed by atoms with Gasteiger partial charge in [-0.25, -0.2) is 8.42 Å². The minimum Gasteiger partial charge on any atom is -0.394 e. The van der Waals surface area contributed by atoms with Gasteiger partial charge in [-0.2, -0.15) is 0 Å². The first-order valence-electron chi connectivity index (χ1n) is 7.00. The highest BCUT2D eigenvalue weighted by molar-refractivity contribution is 7.91. The maximum absolute atomic E-state index is 12.6. The standard InChI is InChI=1S/C13H25NO7S/c1-7(16)14-9-11(18)10(17)8(5-15)21-12(9)22(19,20)6-13(2,3)4/h8-12,15,17-18H,5-6H2,1-4H3,(H,14,16)/t8-,9-,10-,11-,12+/m1/s1. The van der Waals surface area contributed by atoms with Crippen molar-refractivity contribution in [2.75, 3.05) is 12.4 Å². The molecule has 9 heteroatoms. The maximum atomic E-state index is 12.6. The molecule has 130 valence electrons. The average Bonchev–Trinajstić information content (AvgIpc) is 2.31. The third-order valence-electron chi connectivity index (χ3n) is 3.24. The van der Waals surface area contributed by atoms with Crippen LogP contribution in [0.3, 0.4) is 0 Å². The summed E-state index contributed by atoms with van der Waals surface area (Å²) in [4.78, 5) is 11.3. The molecule has 8 nitrogen and oxygen atoms in total. The Hall–Kier alpha value is -0.740. The van der Waals surface area contributed by atoms with Crippen molar-refractivity contribution in [2.45, 2.75) is 57.5 Å². The minimum atomic E-state index is -3.85. The number of carbonyl (C=O) groups is 1. The van der Waals surface area contributed by atoms with Gasteiger partial charge in [-0.1, -0.05) is 20.8 Å². The predicted octanol–water partition coefficient (Wildman–Crippen LogP) is -1.61. The molecule has 5 atom stereocenters. The summed E-state index contributed by atoms with van der Waals surface area (Å²) in [5, 5.41) is 31.5. The lowest BCUT2D eigenvalue weighted by Crippen LogP contribution is -2.66. The number of nitrogens with one attached hydrogen (secondary N) is 1. The van der Waals surface area contributed by atoms with Gasteiger partial charge in [-0.3, -0.25) is 4.79 Å². The number of rotatable bonds is 4. The van der Waals surface area contributed by atoms with Crippen LogP contribution in [0.1, 0.15) is 27.7 Å². The van der Waals surface area contributed by atoms with Crippen molar-refractivity contribution >= 4 is 15.7 Å².